The highest BCUT2D eigenvalue weighted by molar-refractivity contribution is 6.03. The van der Waals surface area contributed by atoms with Crippen LogP contribution in [0.1, 0.15) is 153 Å². The highest BCUT2D eigenvalue weighted by Gasteiger charge is 2.56. The number of rotatable bonds is 62. The number of hydrogen-bond acceptors (Lipinski definition) is 34. The molecule has 6 amide bonds. The first-order valence-corrected chi connectivity index (χ1v) is 45.2. The van der Waals surface area contributed by atoms with Crippen molar-refractivity contribution in [3.05, 3.63) is 102 Å². The minimum atomic E-state index is -1.37. The van der Waals surface area contributed by atoms with Crippen molar-refractivity contribution in [2.45, 2.75) is 201 Å². The number of amides is 6. The lowest BCUT2D eigenvalue weighted by molar-refractivity contribution is -0.279. The molecule has 0 aliphatic carbocycles. The number of benzene rings is 4. The highest BCUT2D eigenvalue weighted by atomic mass is 16.7. The summed E-state index contributed by atoms with van der Waals surface area (Å²) in [6.45, 7) is 14.5. The molecule has 752 valence electrons. The minimum absolute atomic E-state index is 0.0148. The second kappa shape index (κ2) is 59.0. The van der Waals surface area contributed by atoms with Crippen molar-refractivity contribution in [3.8, 4) is 33.8 Å². The molecule has 0 radical (unpaired) electrons. The lowest BCUT2D eigenvalue weighted by Gasteiger charge is -2.44. The molecule has 3 unspecified atom stereocenters. The Labute approximate surface area is 790 Å². The molecular weight excluding hydrogens is 1790 g/mol. The van der Waals surface area contributed by atoms with Gasteiger partial charge in [0.2, 0.25) is 23.6 Å². The summed E-state index contributed by atoms with van der Waals surface area (Å²) in [7, 11) is 3.23. The first-order valence-electron chi connectivity index (χ1n) is 45.2. The van der Waals surface area contributed by atoms with Crippen molar-refractivity contribution < 1.29 is 167 Å². The van der Waals surface area contributed by atoms with Crippen molar-refractivity contribution in [3.63, 3.8) is 0 Å². The molecule has 3 saturated heterocycles. The van der Waals surface area contributed by atoms with E-state index in [2.05, 4.69) is 32.7 Å². The van der Waals surface area contributed by atoms with E-state index in [9.17, 15) is 72.2 Å². The fraction of sp³-hybridized carbons (Fsp3) is 0.600. The normalized spacial score (nSPS) is 20.8. The Morgan fingerprint density at radius 2 is 0.868 bits per heavy atom. The van der Waals surface area contributed by atoms with Gasteiger partial charge >= 0.3 is 41.8 Å². The zero-order chi connectivity index (χ0) is 99.1. The van der Waals surface area contributed by atoms with Gasteiger partial charge in [0.15, 0.2) is 43.1 Å². The quantitative estimate of drug-likeness (QED) is 0.0125. The Hall–Kier alpha value is -11.2. The van der Waals surface area contributed by atoms with Gasteiger partial charge in [0.1, 0.15) is 55.3 Å². The Bertz CT molecular complexity index is 4370. The number of carbonyl (C=O) groups is 14. The third-order valence-electron chi connectivity index (χ3n) is 22.2. The molecule has 13 atom stereocenters. The predicted molar refractivity (Wildman–Crippen MR) is 482 cm³/mol. The molecule has 3 heterocycles. The van der Waals surface area contributed by atoms with Gasteiger partial charge in [0.25, 0.3) is 11.8 Å². The van der Waals surface area contributed by atoms with Gasteiger partial charge in [-0.3, -0.25) is 57.5 Å². The van der Waals surface area contributed by atoms with Gasteiger partial charge in [0.05, 0.1) is 127 Å². The second-order valence-electron chi connectivity index (χ2n) is 33.1. The summed E-state index contributed by atoms with van der Waals surface area (Å²) in [5.74, 6) is -6.82. The fourth-order valence-corrected chi connectivity index (χ4v) is 15.3. The standard InChI is InChI=1S/C95H132N6O35/c1-60(103)98-83-87(133-66(7)109)85(131-64(5)107)79(54-128-62(3)105)135-92(83)126-47-45-123-43-41-121-39-37-119-35-32-96-89(113)72-49-73(90(114)97-33-36-120-38-40-122-42-44-124-46-48-127-93-84(99-61(2)104)88(134-67(8)110)86(132-65(6)108)80(136-93)55-129-63(4)106)51-74(50-72)100-81(111)19-17-15-13-14-16-18-20-82(112)101-56-94(9,95(10,57-101)59-130-78(31-34-102)91(115)116)58-125-53-71-22-21-70(68-23-27-75(117-11)28-24-68)52-77(71)69-25-29-76(118-12)30-26-69/h21-30,34,49-52,78-80,83-88,92-93H,13-20,31-33,35-48,53-59H2,1-12H3,(H,96,113)(H,97,114)(H,98,103)(H,99,104)(H,100,111)(H,115,116)/t78?,79-,80-,83-,84-,85+,86+,87-,88-,92-,93-,94?,95?/m1/s1. The maximum Gasteiger partial charge on any atom is 0.333 e. The number of ether oxygens (including phenoxy) is 20. The summed E-state index contributed by atoms with van der Waals surface area (Å²) in [6, 6.07) is 23.7. The van der Waals surface area contributed by atoms with Gasteiger partial charge in [0, 0.05) is 128 Å². The zero-order valence-electron chi connectivity index (χ0n) is 79.4. The summed E-state index contributed by atoms with van der Waals surface area (Å²) < 4.78 is 113. The molecule has 4 aromatic carbocycles. The third-order valence-corrected chi connectivity index (χ3v) is 22.2. The van der Waals surface area contributed by atoms with Gasteiger partial charge in [-0.1, -0.05) is 75.9 Å². The van der Waals surface area contributed by atoms with Crippen molar-refractivity contribution >= 4 is 89.2 Å². The van der Waals surface area contributed by atoms with Crippen LogP contribution >= 0.6 is 0 Å². The van der Waals surface area contributed by atoms with Crippen LogP contribution in [0.2, 0.25) is 0 Å². The Morgan fingerprint density at radius 3 is 1.29 bits per heavy atom. The van der Waals surface area contributed by atoms with Crippen molar-refractivity contribution in [1.82, 2.24) is 26.2 Å². The number of aldehydes is 1. The average molecular weight is 1920 g/mol. The number of unbranched alkanes of at least 4 members (excludes halogenated alkanes) is 5. The number of carbonyl (C=O) groups excluding carboxylic acids is 13. The molecule has 6 N–H and O–H groups in total. The molecule has 41 nitrogen and oxygen atoms in total. The van der Waals surface area contributed by atoms with Gasteiger partial charge in [-0.2, -0.15) is 0 Å². The lowest BCUT2D eigenvalue weighted by atomic mass is 9.69. The zero-order valence-corrected chi connectivity index (χ0v) is 79.4. The van der Waals surface area contributed by atoms with Gasteiger partial charge < -0.3 is 136 Å². The fourth-order valence-electron chi connectivity index (χ4n) is 15.3. The van der Waals surface area contributed by atoms with E-state index < -0.39 is 157 Å². The number of methoxy groups -OCH3 is 2. The van der Waals surface area contributed by atoms with Crippen molar-refractivity contribution in [1.29, 1.82) is 0 Å². The van der Waals surface area contributed by atoms with Crippen LogP contribution in [-0.4, -0.2) is 320 Å². The maximum absolute atomic E-state index is 14.2. The minimum Gasteiger partial charge on any atom is -0.497 e. The average Bonchev–Trinajstić information content (AvgIpc) is 1.58. The molecule has 7 rings (SSSR count). The van der Waals surface area contributed by atoms with Crippen LogP contribution in [0.5, 0.6) is 11.5 Å². The first kappa shape index (κ1) is 112. The molecule has 0 spiro atoms. The maximum atomic E-state index is 14.2. The molecule has 0 saturated carbocycles. The van der Waals surface area contributed by atoms with Crippen molar-refractivity contribution in [2.75, 3.05) is 165 Å². The molecule has 136 heavy (non-hydrogen) atoms. The lowest BCUT2D eigenvalue weighted by Crippen LogP contribution is -2.66. The number of anilines is 1. The van der Waals surface area contributed by atoms with E-state index in [4.69, 9.17) is 94.7 Å². The number of likely N-dealkylation sites (tertiary alicyclic amines) is 1. The highest BCUT2D eigenvalue weighted by Crippen LogP contribution is 2.48. The molecule has 0 aromatic heterocycles. The molecule has 4 aromatic rings. The summed E-state index contributed by atoms with van der Waals surface area (Å²) >= 11 is 0. The number of nitrogens with zero attached hydrogens (tertiary/aromatic N) is 1. The molecule has 3 aliphatic rings. The van der Waals surface area contributed by atoms with E-state index in [-0.39, 0.29) is 180 Å². The summed E-state index contributed by atoms with van der Waals surface area (Å²) in [6.07, 6.45) is -6.80. The Kier molecular flexibility index (Phi) is 48.5. The Morgan fingerprint density at radius 1 is 0.463 bits per heavy atom. The number of aliphatic carboxylic acids is 1. The van der Waals surface area contributed by atoms with Crippen LogP contribution < -0.4 is 36.1 Å². The monoisotopic (exact) mass is 1920 g/mol. The second-order valence-corrected chi connectivity index (χ2v) is 33.1. The summed E-state index contributed by atoms with van der Waals surface area (Å²) in [4.78, 5) is 178. The van der Waals surface area contributed by atoms with Crippen LogP contribution in [0.4, 0.5) is 5.69 Å². The molecule has 41 heteroatoms. The topological polar surface area (TPSA) is 507 Å². The van der Waals surface area contributed by atoms with Gasteiger partial charge in [-0.25, -0.2) is 4.79 Å². The summed E-state index contributed by atoms with van der Waals surface area (Å²) in [5, 5.41) is 23.6. The van der Waals surface area contributed by atoms with E-state index >= 15 is 0 Å². The molecule has 3 aliphatic heterocycles. The molecular formula is C95H132N6O35. The van der Waals surface area contributed by atoms with Crippen LogP contribution in [-0.2, 0) is 149 Å². The number of hydrogen-bond donors (Lipinski definition) is 6. The first-order chi connectivity index (χ1) is 65.1. The number of esters is 6. The van der Waals surface area contributed by atoms with Crippen LogP contribution in [0.25, 0.3) is 22.3 Å². The van der Waals surface area contributed by atoms with Gasteiger partial charge in [-0.15, -0.1) is 0 Å². The van der Waals surface area contributed by atoms with E-state index in [1.54, 1.807) is 19.1 Å². The Balaban J connectivity index is 0.872. The number of carboxylic acid groups (broad SMARTS) is 1. The molecule has 0 bridgehead atoms. The third kappa shape index (κ3) is 38.4. The number of nitrogens with one attached hydrogen (secondary N) is 5. The van der Waals surface area contributed by atoms with Crippen molar-refractivity contribution in [2.24, 2.45) is 10.8 Å². The SMILES string of the molecule is COc1ccc(-c2ccc(COCC3(C)CN(C(=O)CCCCCCCCC(=O)Nc4cc(C(=O)NCCOCCOCCOCCO[C@@H]5O[C@H](COC(C)=O)[C@H](OC(C)=O)[C@H](OC(C)=O)[C@H]5NC(C)=O)cc(C(=O)NCCOCCOCCOCCO[C@@H]5O[C@H](COC(C)=O)[C@H](OC(C)=O)[C@H](OC(C)=O)[C@H]5NC(C)=O)c4)CC3(C)COC(CC=O)C(=O)O)c(-c3ccc(OC)cc3)c2)cc1. The molecule has 3 fully saturated rings. The summed E-state index contributed by atoms with van der Waals surface area (Å²) in [5.41, 5.74) is 3.56. The van der Waals surface area contributed by atoms with Crippen LogP contribution in [0.15, 0.2) is 84.9 Å². The smallest absolute Gasteiger partial charge is 0.333 e. The van der Waals surface area contributed by atoms with E-state index in [1.807, 2.05) is 74.5 Å². The van der Waals surface area contributed by atoms with Crippen LogP contribution in [0.3, 0.4) is 0 Å². The van der Waals surface area contributed by atoms with Gasteiger partial charge in [-0.05, 0) is 89.2 Å². The van der Waals surface area contributed by atoms with Crippen LogP contribution in [0, 0.1) is 10.8 Å². The van der Waals surface area contributed by atoms with E-state index in [0.29, 0.717) is 37.8 Å². The number of carboxylic acids is 1. The largest absolute Gasteiger partial charge is 0.497 e. The predicted octanol–water partition coefficient (Wildman–Crippen LogP) is 6.13. The van der Waals surface area contributed by atoms with E-state index in [0.717, 1.165) is 80.5 Å². The van der Waals surface area contributed by atoms with E-state index in [1.165, 1.54) is 45.9 Å².